The van der Waals surface area contributed by atoms with Gasteiger partial charge in [0.25, 0.3) is 0 Å². The van der Waals surface area contributed by atoms with Gasteiger partial charge in [0.15, 0.2) is 0 Å². The lowest BCUT2D eigenvalue weighted by Crippen LogP contribution is -2.42. The molecule has 0 heterocycles. The van der Waals surface area contributed by atoms with Gasteiger partial charge in [-0.2, -0.15) is 0 Å². The van der Waals surface area contributed by atoms with Gasteiger partial charge in [0, 0.05) is 26.6 Å². The van der Waals surface area contributed by atoms with Gasteiger partial charge in [-0.15, -0.1) is 0 Å². The lowest BCUT2D eigenvalue weighted by atomic mass is 10.3. The molecular formula is C9H19N3O2. The molecule has 0 aliphatic carbocycles. The molecule has 0 radical (unpaired) electrons. The van der Waals surface area contributed by atoms with E-state index in [-0.39, 0.29) is 18.4 Å². The Morgan fingerprint density at radius 2 is 1.93 bits per heavy atom. The topological polar surface area (TPSA) is 61.4 Å². The van der Waals surface area contributed by atoms with Gasteiger partial charge in [0.2, 0.25) is 11.8 Å². The molecule has 2 amide bonds. The first-order valence-corrected chi connectivity index (χ1v) is 4.78. The smallest absolute Gasteiger partial charge is 0.239 e. The maximum absolute atomic E-state index is 11.4. The Balaban J connectivity index is 4.09. The van der Waals surface area contributed by atoms with E-state index in [9.17, 15) is 9.59 Å². The third-order valence-corrected chi connectivity index (χ3v) is 1.90. The van der Waals surface area contributed by atoms with Crippen molar-refractivity contribution in [1.29, 1.82) is 0 Å². The molecule has 82 valence electrons. The zero-order valence-corrected chi connectivity index (χ0v) is 9.09. The molecule has 0 aliphatic heterocycles. The third kappa shape index (κ3) is 4.81. The van der Waals surface area contributed by atoms with Gasteiger partial charge in [-0.05, 0) is 7.05 Å². The first-order chi connectivity index (χ1) is 6.65. The molecule has 14 heavy (non-hydrogen) atoms. The molecule has 0 saturated heterocycles. The van der Waals surface area contributed by atoms with Crippen LogP contribution in [0.1, 0.15) is 13.3 Å². The summed E-state index contributed by atoms with van der Waals surface area (Å²) in [7, 11) is 3.38. The summed E-state index contributed by atoms with van der Waals surface area (Å²) in [5, 5.41) is 5.44. The molecule has 0 spiro atoms. The number of hydrogen-bond donors (Lipinski definition) is 2. The van der Waals surface area contributed by atoms with Crippen LogP contribution < -0.4 is 10.6 Å². The number of nitrogens with one attached hydrogen (secondary N) is 2. The highest BCUT2D eigenvalue weighted by Crippen LogP contribution is 1.92. The van der Waals surface area contributed by atoms with Crippen molar-refractivity contribution in [3.8, 4) is 0 Å². The van der Waals surface area contributed by atoms with Gasteiger partial charge in [0.05, 0.1) is 6.54 Å². The Hall–Kier alpha value is -1.10. The van der Waals surface area contributed by atoms with Crippen LogP contribution in [-0.4, -0.2) is 50.4 Å². The first kappa shape index (κ1) is 12.9. The van der Waals surface area contributed by atoms with Crippen LogP contribution in [0.15, 0.2) is 0 Å². The largest absolute Gasteiger partial charge is 0.358 e. The molecule has 0 aliphatic rings. The van der Waals surface area contributed by atoms with Gasteiger partial charge in [-0.1, -0.05) is 6.92 Å². The van der Waals surface area contributed by atoms with Crippen LogP contribution in [-0.2, 0) is 9.59 Å². The van der Waals surface area contributed by atoms with Crippen molar-refractivity contribution in [2.75, 3.05) is 33.7 Å². The van der Waals surface area contributed by atoms with Crippen molar-refractivity contribution in [2.24, 2.45) is 0 Å². The number of amides is 2. The van der Waals surface area contributed by atoms with Crippen LogP contribution in [0.4, 0.5) is 0 Å². The van der Waals surface area contributed by atoms with Crippen LogP contribution in [0.25, 0.3) is 0 Å². The lowest BCUT2D eigenvalue weighted by Gasteiger charge is -2.20. The van der Waals surface area contributed by atoms with E-state index >= 15 is 0 Å². The SMILES string of the molecule is CCC(=O)N(CCNC)CC(=O)NC. The van der Waals surface area contributed by atoms with E-state index in [0.29, 0.717) is 19.5 Å². The standard InChI is InChI=1S/C9H19N3O2/c1-4-9(14)12(6-5-10-2)7-8(13)11-3/h10H,4-7H2,1-3H3,(H,11,13). The second kappa shape index (κ2) is 7.32. The molecule has 0 atom stereocenters. The molecular weight excluding hydrogens is 182 g/mol. The molecule has 0 unspecified atom stereocenters. The Morgan fingerprint density at radius 1 is 1.29 bits per heavy atom. The number of carbonyl (C=O) groups is 2. The van der Waals surface area contributed by atoms with Crippen molar-refractivity contribution >= 4 is 11.8 Å². The van der Waals surface area contributed by atoms with Gasteiger partial charge >= 0.3 is 0 Å². The molecule has 5 nitrogen and oxygen atoms in total. The second-order valence-corrected chi connectivity index (χ2v) is 2.95. The summed E-state index contributed by atoms with van der Waals surface area (Å²) in [5.41, 5.74) is 0. The number of rotatable bonds is 6. The zero-order valence-electron chi connectivity index (χ0n) is 9.09. The fourth-order valence-electron chi connectivity index (χ4n) is 1.01. The maximum Gasteiger partial charge on any atom is 0.239 e. The molecule has 0 aromatic carbocycles. The molecule has 5 heteroatoms. The van der Waals surface area contributed by atoms with E-state index in [4.69, 9.17) is 0 Å². The minimum Gasteiger partial charge on any atom is -0.358 e. The summed E-state index contributed by atoms with van der Waals surface area (Å²) in [6.45, 7) is 3.20. The van der Waals surface area contributed by atoms with Crippen molar-refractivity contribution in [2.45, 2.75) is 13.3 Å². The normalized spacial score (nSPS) is 9.64. The number of nitrogens with zero attached hydrogens (tertiary/aromatic N) is 1. The van der Waals surface area contributed by atoms with Crippen molar-refractivity contribution in [1.82, 2.24) is 15.5 Å². The highest BCUT2D eigenvalue weighted by molar-refractivity contribution is 5.84. The zero-order chi connectivity index (χ0) is 11.0. The van der Waals surface area contributed by atoms with Crippen molar-refractivity contribution in [3.05, 3.63) is 0 Å². The van der Waals surface area contributed by atoms with E-state index in [2.05, 4.69) is 10.6 Å². The van der Waals surface area contributed by atoms with E-state index in [1.165, 1.54) is 0 Å². The predicted molar refractivity (Wildman–Crippen MR) is 54.9 cm³/mol. The fourth-order valence-corrected chi connectivity index (χ4v) is 1.01. The minimum absolute atomic E-state index is 0.00356. The Bertz CT molecular complexity index is 194. The summed E-state index contributed by atoms with van der Waals surface area (Å²) >= 11 is 0. The quantitative estimate of drug-likeness (QED) is 0.591. The summed E-state index contributed by atoms with van der Waals surface area (Å²) in [5.74, 6) is -0.133. The van der Waals surface area contributed by atoms with Gasteiger partial charge in [-0.3, -0.25) is 9.59 Å². The number of hydrogen-bond acceptors (Lipinski definition) is 3. The average Bonchev–Trinajstić information content (AvgIpc) is 2.22. The Kier molecular flexibility index (Phi) is 6.74. The van der Waals surface area contributed by atoms with Crippen LogP contribution in [0.5, 0.6) is 0 Å². The summed E-state index contributed by atoms with van der Waals surface area (Å²) in [6.07, 6.45) is 0.431. The van der Waals surface area contributed by atoms with E-state index in [1.54, 1.807) is 18.9 Å². The van der Waals surface area contributed by atoms with Crippen molar-refractivity contribution in [3.63, 3.8) is 0 Å². The Labute approximate surface area is 84.8 Å². The first-order valence-electron chi connectivity index (χ1n) is 4.78. The monoisotopic (exact) mass is 201 g/mol. The van der Waals surface area contributed by atoms with Crippen molar-refractivity contribution < 1.29 is 9.59 Å². The van der Waals surface area contributed by atoms with E-state index in [1.807, 2.05) is 7.05 Å². The lowest BCUT2D eigenvalue weighted by molar-refractivity contribution is -0.135. The third-order valence-electron chi connectivity index (χ3n) is 1.90. The summed E-state index contributed by atoms with van der Waals surface area (Å²) < 4.78 is 0. The van der Waals surface area contributed by atoms with Crippen LogP contribution in [0, 0.1) is 0 Å². The van der Waals surface area contributed by atoms with E-state index < -0.39 is 0 Å². The number of likely N-dealkylation sites (N-methyl/N-ethyl adjacent to an activating group) is 2. The molecule has 0 fully saturated rings. The Morgan fingerprint density at radius 3 is 2.36 bits per heavy atom. The second-order valence-electron chi connectivity index (χ2n) is 2.95. The van der Waals surface area contributed by atoms with Crippen LogP contribution in [0.2, 0.25) is 0 Å². The summed E-state index contributed by atoms with van der Waals surface area (Å²) in [4.78, 5) is 24.0. The molecule has 0 saturated carbocycles. The van der Waals surface area contributed by atoms with E-state index in [0.717, 1.165) is 0 Å². The highest BCUT2D eigenvalue weighted by Gasteiger charge is 2.13. The fraction of sp³-hybridized carbons (Fsp3) is 0.778. The minimum atomic E-state index is -0.136. The molecule has 2 N–H and O–H groups in total. The number of carbonyl (C=O) groups excluding carboxylic acids is 2. The molecule has 0 bridgehead atoms. The molecule has 0 aromatic heterocycles. The highest BCUT2D eigenvalue weighted by atomic mass is 16.2. The average molecular weight is 201 g/mol. The predicted octanol–water partition coefficient (Wildman–Crippen LogP) is -0.810. The molecule has 0 rings (SSSR count). The molecule has 0 aromatic rings. The van der Waals surface area contributed by atoms with Crippen LogP contribution >= 0.6 is 0 Å². The maximum atomic E-state index is 11.4. The van der Waals surface area contributed by atoms with Crippen LogP contribution in [0.3, 0.4) is 0 Å². The van der Waals surface area contributed by atoms with Gasteiger partial charge in [-0.25, -0.2) is 0 Å². The van der Waals surface area contributed by atoms with Gasteiger partial charge in [0.1, 0.15) is 0 Å². The van der Waals surface area contributed by atoms with Gasteiger partial charge < -0.3 is 15.5 Å². The summed E-state index contributed by atoms with van der Waals surface area (Å²) in [6, 6.07) is 0.